The number of rotatable bonds is 2. The van der Waals surface area contributed by atoms with Gasteiger partial charge in [0.15, 0.2) is 0 Å². The molecule has 1 N–H and O–H groups in total. The van der Waals surface area contributed by atoms with Gasteiger partial charge in [-0.15, -0.1) is 0 Å². The van der Waals surface area contributed by atoms with E-state index >= 15 is 0 Å². The molecule has 0 bridgehead atoms. The van der Waals surface area contributed by atoms with Crippen LogP contribution >= 0.6 is 27.5 Å². The summed E-state index contributed by atoms with van der Waals surface area (Å²) >= 11 is 9.46. The summed E-state index contributed by atoms with van der Waals surface area (Å²) in [6.45, 7) is 0. The second-order valence-corrected chi connectivity index (χ2v) is 5.78. The van der Waals surface area contributed by atoms with Gasteiger partial charge in [0.25, 0.3) is 5.91 Å². The first-order chi connectivity index (χ1) is 10.1. The lowest BCUT2D eigenvalue weighted by atomic mass is 10.1. The maximum absolute atomic E-state index is 12.5. The van der Waals surface area contributed by atoms with Gasteiger partial charge >= 0.3 is 0 Å². The first-order valence-electron chi connectivity index (χ1n) is 6.25. The zero-order valence-electron chi connectivity index (χ0n) is 10.8. The van der Waals surface area contributed by atoms with Crippen LogP contribution in [0.2, 0.25) is 5.02 Å². The van der Waals surface area contributed by atoms with Gasteiger partial charge in [-0.1, -0.05) is 39.7 Å². The van der Waals surface area contributed by atoms with E-state index in [1.165, 1.54) is 0 Å². The molecule has 21 heavy (non-hydrogen) atoms. The van der Waals surface area contributed by atoms with E-state index < -0.39 is 0 Å². The summed E-state index contributed by atoms with van der Waals surface area (Å²) in [5.74, 6) is -0.214. The molecule has 3 aromatic rings. The van der Waals surface area contributed by atoms with E-state index in [-0.39, 0.29) is 5.91 Å². The Labute approximate surface area is 135 Å². The summed E-state index contributed by atoms with van der Waals surface area (Å²) in [5, 5.41) is 4.13. The van der Waals surface area contributed by atoms with Crippen molar-refractivity contribution in [1.82, 2.24) is 4.98 Å². The number of pyridine rings is 1. The highest BCUT2D eigenvalue weighted by molar-refractivity contribution is 9.10. The lowest BCUT2D eigenvalue weighted by Gasteiger charge is -2.09. The Morgan fingerprint density at radius 1 is 1.14 bits per heavy atom. The van der Waals surface area contributed by atoms with Crippen molar-refractivity contribution in [3.63, 3.8) is 0 Å². The maximum Gasteiger partial charge on any atom is 0.256 e. The average Bonchev–Trinajstić information content (AvgIpc) is 2.50. The van der Waals surface area contributed by atoms with Crippen LogP contribution in [0.25, 0.3) is 10.9 Å². The quantitative estimate of drug-likeness (QED) is 0.705. The smallest absolute Gasteiger partial charge is 0.256 e. The van der Waals surface area contributed by atoms with Gasteiger partial charge in [0.2, 0.25) is 0 Å². The van der Waals surface area contributed by atoms with Gasteiger partial charge in [0.1, 0.15) is 0 Å². The van der Waals surface area contributed by atoms with E-state index in [0.29, 0.717) is 16.3 Å². The lowest BCUT2D eigenvalue weighted by molar-refractivity contribution is 0.102. The molecule has 1 aromatic heterocycles. The molecular formula is C16H10BrClN2O. The Bertz CT molecular complexity index is 830. The minimum atomic E-state index is -0.214. The molecule has 0 aliphatic carbocycles. The summed E-state index contributed by atoms with van der Waals surface area (Å²) in [6, 6.07) is 14.5. The highest BCUT2D eigenvalue weighted by atomic mass is 79.9. The van der Waals surface area contributed by atoms with Crippen molar-refractivity contribution in [2.24, 2.45) is 0 Å². The number of hydrogen-bond donors (Lipinski definition) is 1. The van der Waals surface area contributed by atoms with E-state index in [2.05, 4.69) is 26.2 Å². The molecule has 0 aliphatic rings. The number of fused-ring (bicyclic) bond motifs is 1. The number of halogens is 2. The van der Waals surface area contributed by atoms with Crippen molar-refractivity contribution in [2.75, 3.05) is 5.32 Å². The van der Waals surface area contributed by atoms with E-state index in [1.54, 1.807) is 24.4 Å². The first-order valence-corrected chi connectivity index (χ1v) is 7.42. The topological polar surface area (TPSA) is 42.0 Å². The van der Waals surface area contributed by atoms with Gasteiger partial charge in [-0.05, 0) is 36.4 Å². The zero-order chi connectivity index (χ0) is 14.8. The Morgan fingerprint density at radius 3 is 2.86 bits per heavy atom. The Hall–Kier alpha value is -1.91. The minimum Gasteiger partial charge on any atom is -0.321 e. The van der Waals surface area contributed by atoms with E-state index in [0.717, 1.165) is 15.4 Å². The number of hydrogen-bond acceptors (Lipinski definition) is 2. The molecule has 0 saturated heterocycles. The van der Waals surface area contributed by atoms with Crippen LogP contribution in [0.15, 0.2) is 59.2 Å². The summed E-state index contributed by atoms with van der Waals surface area (Å²) in [6.07, 6.45) is 1.70. The van der Waals surface area contributed by atoms with Crippen LogP contribution in [-0.4, -0.2) is 10.9 Å². The van der Waals surface area contributed by atoms with Crippen LogP contribution in [-0.2, 0) is 0 Å². The van der Waals surface area contributed by atoms with Crippen LogP contribution in [0.4, 0.5) is 5.69 Å². The Balaban J connectivity index is 1.99. The third kappa shape index (κ3) is 2.91. The largest absolute Gasteiger partial charge is 0.321 e. The average molecular weight is 362 g/mol. The van der Waals surface area contributed by atoms with E-state index in [1.807, 2.05) is 30.3 Å². The Kier molecular flexibility index (Phi) is 3.90. The molecule has 0 fully saturated rings. The lowest BCUT2D eigenvalue weighted by Crippen LogP contribution is -2.12. The van der Waals surface area contributed by atoms with Gasteiger partial charge in [-0.2, -0.15) is 0 Å². The number of carbonyl (C=O) groups excluding carboxylic acids is 1. The molecule has 1 heterocycles. The third-order valence-electron chi connectivity index (χ3n) is 3.07. The third-order valence-corrected chi connectivity index (χ3v) is 3.89. The molecular weight excluding hydrogens is 352 g/mol. The number of nitrogens with one attached hydrogen (secondary N) is 1. The molecule has 1 amide bonds. The summed E-state index contributed by atoms with van der Waals surface area (Å²) in [7, 11) is 0. The number of amides is 1. The number of nitrogens with zero attached hydrogens (tertiary/aromatic N) is 1. The molecule has 0 radical (unpaired) electrons. The second kappa shape index (κ2) is 5.84. The van der Waals surface area contributed by atoms with Gasteiger partial charge < -0.3 is 5.32 Å². The van der Waals surface area contributed by atoms with Crippen LogP contribution in [0.5, 0.6) is 0 Å². The van der Waals surface area contributed by atoms with E-state index in [4.69, 9.17) is 11.6 Å². The first kappa shape index (κ1) is 14.0. The van der Waals surface area contributed by atoms with Gasteiger partial charge in [0, 0.05) is 21.6 Å². The molecule has 2 aromatic carbocycles. The number of carbonyl (C=O) groups is 1. The summed E-state index contributed by atoms with van der Waals surface area (Å²) in [5.41, 5.74) is 1.92. The standard InChI is InChI=1S/C16H10BrClN2O/c17-10-6-7-13(18)15(9-10)20-16(21)12-3-1-5-14-11(12)4-2-8-19-14/h1-9H,(H,20,21). The second-order valence-electron chi connectivity index (χ2n) is 4.45. The number of anilines is 1. The highest BCUT2D eigenvalue weighted by Crippen LogP contribution is 2.27. The molecule has 0 saturated carbocycles. The summed E-state index contributed by atoms with van der Waals surface area (Å²) < 4.78 is 0.849. The van der Waals surface area contributed by atoms with Crippen molar-refractivity contribution in [1.29, 1.82) is 0 Å². The van der Waals surface area contributed by atoms with Crippen LogP contribution in [0.3, 0.4) is 0 Å². The monoisotopic (exact) mass is 360 g/mol. The van der Waals surface area contributed by atoms with Crippen LogP contribution < -0.4 is 5.32 Å². The maximum atomic E-state index is 12.5. The van der Waals surface area contributed by atoms with Crippen molar-refractivity contribution < 1.29 is 4.79 Å². The predicted molar refractivity (Wildman–Crippen MR) is 88.8 cm³/mol. The molecule has 0 unspecified atom stereocenters. The molecule has 5 heteroatoms. The minimum absolute atomic E-state index is 0.214. The van der Waals surface area contributed by atoms with Crippen molar-refractivity contribution in [2.45, 2.75) is 0 Å². The van der Waals surface area contributed by atoms with Gasteiger partial charge in [-0.3, -0.25) is 9.78 Å². The molecule has 0 aliphatic heterocycles. The number of benzene rings is 2. The van der Waals surface area contributed by atoms with Gasteiger partial charge in [-0.25, -0.2) is 0 Å². The van der Waals surface area contributed by atoms with Crippen LogP contribution in [0, 0.1) is 0 Å². The SMILES string of the molecule is O=C(Nc1cc(Br)ccc1Cl)c1cccc2ncccc12. The van der Waals surface area contributed by atoms with Crippen molar-refractivity contribution >= 4 is 50.0 Å². The molecule has 3 nitrogen and oxygen atoms in total. The summed E-state index contributed by atoms with van der Waals surface area (Å²) in [4.78, 5) is 16.7. The molecule has 104 valence electrons. The Morgan fingerprint density at radius 2 is 2.00 bits per heavy atom. The number of aromatic nitrogens is 1. The predicted octanol–water partition coefficient (Wildman–Crippen LogP) is 4.90. The van der Waals surface area contributed by atoms with Gasteiger partial charge in [0.05, 0.1) is 16.2 Å². The van der Waals surface area contributed by atoms with Crippen LogP contribution in [0.1, 0.15) is 10.4 Å². The fraction of sp³-hybridized carbons (Fsp3) is 0. The van der Waals surface area contributed by atoms with E-state index in [9.17, 15) is 4.79 Å². The highest BCUT2D eigenvalue weighted by Gasteiger charge is 2.12. The molecule has 3 rings (SSSR count). The van der Waals surface area contributed by atoms with Crippen molar-refractivity contribution in [3.05, 3.63) is 69.8 Å². The fourth-order valence-electron chi connectivity index (χ4n) is 2.08. The van der Waals surface area contributed by atoms with Crippen molar-refractivity contribution in [3.8, 4) is 0 Å². The molecule has 0 spiro atoms. The molecule has 0 atom stereocenters. The zero-order valence-corrected chi connectivity index (χ0v) is 13.1. The fourth-order valence-corrected chi connectivity index (χ4v) is 2.61. The normalized spacial score (nSPS) is 10.6.